The third-order valence-electron chi connectivity index (χ3n) is 3.59. The third kappa shape index (κ3) is 3.16. The van der Waals surface area contributed by atoms with Crippen LogP contribution in [0.3, 0.4) is 0 Å². The van der Waals surface area contributed by atoms with Crippen molar-refractivity contribution in [2.75, 3.05) is 5.88 Å². The van der Waals surface area contributed by atoms with Crippen molar-refractivity contribution < 1.29 is 8.78 Å². The van der Waals surface area contributed by atoms with Crippen LogP contribution in [0.1, 0.15) is 18.5 Å². The number of aromatic nitrogens is 3. The van der Waals surface area contributed by atoms with E-state index in [1.54, 1.807) is 12.3 Å². The minimum atomic E-state index is -0.725. The number of unbranched alkanes of at least 4 members (excludes halogenated alkanes) is 1. The number of benzene rings is 1. The molecule has 0 radical (unpaired) electrons. The summed E-state index contributed by atoms with van der Waals surface area (Å²) < 4.78 is 27.6. The van der Waals surface area contributed by atoms with Crippen molar-refractivity contribution in [3.63, 3.8) is 0 Å². The highest BCUT2D eigenvalue weighted by molar-refractivity contribution is 6.38. The summed E-state index contributed by atoms with van der Waals surface area (Å²) in [5.41, 5.74) is 1.99. The Morgan fingerprint density at radius 1 is 1.17 bits per heavy atom. The lowest BCUT2D eigenvalue weighted by atomic mass is 10.0. The summed E-state index contributed by atoms with van der Waals surface area (Å²) in [5, 5.41) is 7.25. The fraction of sp³-hybridized carbons (Fsp3) is 0.250. The van der Waals surface area contributed by atoms with Gasteiger partial charge in [0.2, 0.25) is 0 Å². The Kier molecular flexibility index (Phi) is 4.78. The fourth-order valence-corrected chi connectivity index (χ4v) is 3.08. The van der Waals surface area contributed by atoms with Gasteiger partial charge in [-0.2, -0.15) is 5.10 Å². The van der Waals surface area contributed by atoms with Crippen molar-refractivity contribution in [1.29, 1.82) is 0 Å². The van der Waals surface area contributed by atoms with E-state index in [1.165, 1.54) is 6.07 Å². The zero-order valence-corrected chi connectivity index (χ0v) is 13.6. The van der Waals surface area contributed by atoms with Crippen LogP contribution in [0.2, 0.25) is 5.02 Å². The molecule has 0 amide bonds. The summed E-state index contributed by atoms with van der Waals surface area (Å²) in [6.07, 6.45) is 3.79. The number of H-pyrrole nitrogens is 1. The third-order valence-corrected chi connectivity index (χ3v) is 4.25. The molecule has 3 rings (SSSR count). The van der Waals surface area contributed by atoms with Crippen LogP contribution in [-0.4, -0.2) is 21.1 Å². The summed E-state index contributed by atoms with van der Waals surface area (Å²) in [4.78, 5) is 4.39. The average molecular weight is 356 g/mol. The van der Waals surface area contributed by atoms with E-state index in [0.717, 1.165) is 18.9 Å². The minimum absolute atomic E-state index is 0.0699. The van der Waals surface area contributed by atoms with Gasteiger partial charge < -0.3 is 0 Å². The first-order valence-corrected chi connectivity index (χ1v) is 8.06. The Morgan fingerprint density at radius 3 is 2.70 bits per heavy atom. The molecule has 3 aromatic rings. The molecule has 120 valence electrons. The van der Waals surface area contributed by atoms with Crippen LogP contribution in [-0.2, 0) is 6.42 Å². The molecule has 7 heteroatoms. The highest BCUT2D eigenvalue weighted by atomic mass is 35.5. The molecule has 0 bridgehead atoms. The first-order chi connectivity index (χ1) is 11.1. The number of nitrogens with one attached hydrogen (secondary N) is 1. The molecular weight excluding hydrogens is 343 g/mol. The van der Waals surface area contributed by atoms with Crippen molar-refractivity contribution in [2.45, 2.75) is 19.3 Å². The maximum atomic E-state index is 14.1. The lowest BCUT2D eigenvalue weighted by Gasteiger charge is -2.13. The van der Waals surface area contributed by atoms with Crippen LogP contribution in [0.4, 0.5) is 8.78 Å². The number of aryl methyl sites for hydroxylation is 1. The number of hydrogen-bond acceptors (Lipinski definition) is 2. The Bertz CT molecular complexity index is 835. The molecular formula is C16H13Cl2F2N3. The number of hydrogen-bond donors (Lipinski definition) is 1. The molecule has 0 unspecified atom stereocenters. The molecule has 0 aliphatic rings. The van der Waals surface area contributed by atoms with Gasteiger partial charge in [-0.1, -0.05) is 11.6 Å². The molecule has 0 saturated carbocycles. The molecule has 1 aromatic carbocycles. The molecule has 2 heterocycles. The van der Waals surface area contributed by atoms with Crippen LogP contribution in [0.25, 0.3) is 22.2 Å². The predicted octanol–water partition coefficient (Wildman–Crippen LogP) is 5.12. The summed E-state index contributed by atoms with van der Waals surface area (Å²) in [6.45, 7) is 0. The zero-order chi connectivity index (χ0) is 16.4. The van der Waals surface area contributed by atoms with Crippen molar-refractivity contribution in [2.24, 2.45) is 0 Å². The summed E-state index contributed by atoms with van der Waals surface area (Å²) in [7, 11) is 0. The first-order valence-electron chi connectivity index (χ1n) is 7.14. The van der Waals surface area contributed by atoms with E-state index < -0.39 is 11.6 Å². The lowest BCUT2D eigenvalue weighted by Crippen LogP contribution is -2.00. The van der Waals surface area contributed by atoms with Crippen molar-refractivity contribution >= 4 is 34.1 Å². The van der Waals surface area contributed by atoms with Crippen LogP contribution < -0.4 is 0 Å². The Morgan fingerprint density at radius 2 is 2.00 bits per heavy atom. The van der Waals surface area contributed by atoms with Crippen molar-refractivity contribution in [3.8, 4) is 11.3 Å². The lowest BCUT2D eigenvalue weighted by molar-refractivity contribution is 0.590. The molecule has 1 N–H and O–H groups in total. The highest BCUT2D eigenvalue weighted by Gasteiger charge is 2.19. The van der Waals surface area contributed by atoms with Gasteiger partial charge in [-0.3, -0.25) is 5.10 Å². The summed E-state index contributed by atoms with van der Waals surface area (Å²) in [6, 6.07) is 3.75. The Labute approximate surface area is 141 Å². The number of rotatable bonds is 5. The molecule has 0 saturated heterocycles. The number of fused-ring (bicyclic) bond motifs is 1. The quantitative estimate of drug-likeness (QED) is 0.509. The maximum absolute atomic E-state index is 14.1. The van der Waals surface area contributed by atoms with Gasteiger partial charge in [0.1, 0.15) is 11.3 Å². The number of alkyl halides is 1. The largest absolute Gasteiger partial charge is 0.278 e. The molecule has 0 atom stereocenters. The summed E-state index contributed by atoms with van der Waals surface area (Å²) in [5.74, 6) is -0.874. The predicted molar refractivity (Wildman–Crippen MR) is 87.9 cm³/mol. The van der Waals surface area contributed by atoms with Gasteiger partial charge in [-0.05, 0) is 31.4 Å². The van der Waals surface area contributed by atoms with E-state index in [9.17, 15) is 8.78 Å². The first kappa shape index (κ1) is 16.1. The SMILES string of the molecule is Fc1cc(F)c2nc(CCCCCl)c(-c3ccn[nH]3)c(Cl)c2c1. The van der Waals surface area contributed by atoms with E-state index in [1.807, 2.05) is 0 Å². The summed E-state index contributed by atoms with van der Waals surface area (Å²) >= 11 is 12.2. The number of nitrogens with zero attached hydrogens (tertiary/aromatic N) is 2. The highest BCUT2D eigenvalue weighted by Crippen LogP contribution is 2.36. The Balaban J connectivity index is 2.24. The van der Waals surface area contributed by atoms with Crippen LogP contribution >= 0.6 is 23.2 Å². The standard InChI is InChI=1S/C16H13Cl2F2N3/c17-5-2-1-3-12-14(13-4-6-21-23-13)15(18)10-7-9(19)8-11(20)16(10)22-12/h4,6-8H,1-3,5H2,(H,21,23). The molecule has 0 aliphatic carbocycles. The van der Waals surface area contributed by atoms with E-state index in [-0.39, 0.29) is 15.9 Å². The van der Waals surface area contributed by atoms with Gasteiger partial charge in [-0.25, -0.2) is 13.8 Å². The number of aromatic amines is 1. The van der Waals surface area contributed by atoms with Crippen LogP contribution in [0, 0.1) is 11.6 Å². The molecule has 0 aliphatic heterocycles. The Hall–Kier alpha value is -1.72. The van der Waals surface area contributed by atoms with E-state index >= 15 is 0 Å². The normalized spacial score (nSPS) is 11.3. The number of pyridine rings is 1. The fourth-order valence-electron chi connectivity index (χ4n) is 2.54. The van der Waals surface area contributed by atoms with Crippen molar-refractivity contribution in [3.05, 3.63) is 46.7 Å². The second kappa shape index (κ2) is 6.81. The van der Waals surface area contributed by atoms with Gasteiger partial charge in [0, 0.05) is 29.1 Å². The van der Waals surface area contributed by atoms with Crippen LogP contribution in [0.5, 0.6) is 0 Å². The van der Waals surface area contributed by atoms with Crippen molar-refractivity contribution in [1.82, 2.24) is 15.2 Å². The van der Waals surface area contributed by atoms with Gasteiger partial charge in [0.25, 0.3) is 0 Å². The van der Waals surface area contributed by atoms with Gasteiger partial charge in [0.15, 0.2) is 5.82 Å². The zero-order valence-electron chi connectivity index (χ0n) is 12.0. The van der Waals surface area contributed by atoms with E-state index in [2.05, 4.69) is 15.2 Å². The second-order valence-corrected chi connectivity index (χ2v) is 5.90. The van der Waals surface area contributed by atoms with E-state index in [4.69, 9.17) is 23.2 Å². The molecule has 0 fully saturated rings. The molecule has 2 aromatic heterocycles. The maximum Gasteiger partial charge on any atom is 0.152 e. The number of halogens is 4. The second-order valence-electron chi connectivity index (χ2n) is 5.15. The van der Waals surface area contributed by atoms with Gasteiger partial charge >= 0.3 is 0 Å². The smallest absolute Gasteiger partial charge is 0.152 e. The topological polar surface area (TPSA) is 41.6 Å². The molecule has 3 nitrogen and oxygen atoms in total. The average Bonchev–Trinajstić information content (AvgIpc) is 3.03. The van der Waals surface area contributed by atoms with Crippen LogP contribution in [0.15, 0.2) is 24.4 Å². The van der Waals surface area contributed by atoms with Gasteiger partial charge in [-0.15, -0.1) is 11.6 Å². The monoisotopic (exact) mass is 355 g/mol. The van der Waals surface area contributed by atoms with E-state index in [0.29, 0.717) is 29.3 Å². The minimum Gasteiger partial charge on any atom is -0.278 e. The molecule has 23 heavy (non-hydrogen) atoms. The molecule has 0 spiro atoms. The van der Waals surface area contributed by atoms with Gasteiger partial charge in [0.05, 0.1) is 16.4 Å².